The first-order chi connectivity index (χ1) is 12.8. The summed E-state index contributed by atoms with van der Waals surface area (Å²) in [6.07, 6.45) is 6.83. The van der Waals surface area contributed by atoms with Crippen LogP contribution in [0.25, 0.3) is 0 Å². The Morgan fingerprint density at radius 3 is 2.56 bits per heavy atom. The smallest absolute Gasteiger partial charge is 0.346 e. The molecule has 6 heteroatoms. The van der Waals surface area contributed by atoms with E-state index in [0.717, 1.165) is 37.2 Å². The number of nitrogens with two attached hydrogens (primary N) is 1. The molecule has 4 N–H and O–H groups in total. The molecule has 1 aliphatic heterocycles. The van der Waals surface area contributed by atoms with Gasteiger partial charge in [-0.3, -0.25) is 4.79 Å². The van der Waals surface area contributed by atoms with Gasteiger partial charge in [-0.05, 0) is 75.0 Å². The van der Waals surface area contributed by atoms with E-state index in [1.165, 1.54) is 12.8 Å². The monoisotopic (exact) mass is 371 g/mol. The van der Waals surface area contributed by atoms with Crippen LogP contribution in [0.5, 0.6) is 0 Å². The number of anilines is 1. The highest BCUT2D eigenvalue weighted by molar-refractivity contribution is 6.11. The van der Waals surface area contributed by atoms with Crippen LogP contribution in [0.1, 0.15) is 81.1 Å². The Hall–Kier alpha value is -2.08. The number of nitrogens with one attached hydrogen (secondary N) is 2. The lowest BCUT2D eigenvalue weighted by molar-refractivity contribution is 0.100. The van der Waals surface area contributed by atoms with E-state index in [9.17, 15) is 9.59 Å². The second-order valence-electron chi connectivity index (χ2n) is 8.46. The summed E-state index contributed by atoms with van der Waals surface area (Å²) in [6, 6.07) is 4.44. The molecular weight excluding hydrogens is 340 g/mol. The molecule has 2 aliphatic rings. The lowest BCUT2D eigenvalue weighted by Crippen LogP contribution is -2.38. The van der Waals surface area contributed by atoms with E-state index in [2.05, 4.69) is 36.7 Å². The number of rotatable bonds is 7. The van der Waals surface area contributed by atoms with Crippen LogP contribution < -0.4 is 21.7 Å². The second-order valence-corrected chi connectivity index (χ2v) is 8.46. The van der Waals surface area contributed by atoms with Crippen LogP contribution >= 0.6 is 0 Å². The zero-order chi connectivity index (χ0) is 19.6. The second kappa shape index (κ2) is 8.30. The van der Waals surface area contributed by atoms with Crippen LogP contribution in [0.15, 0.2) is 12.1 Å². The van der Waals surface area contributed by atoms with Crippen molar-refractivity contribution >= 4 is 23.3 Å². The predicted molar refractivity (Wildman–Crippen MR) is 107 cm³/mol. The number of primary amides is 1. The number of carbonyl (C=O) groups excluding carboxylic acids is 2. The molecule has 1 radical (unpaired) electrons. The van der Waals surface area contributed by atoms with Crippen LogP contribution in [-0.2, 0) is 0 Å². The van der Waals surface area contributed by atoms with Crippen LogP contribution in [0.4, 0.5) is 16.2 Å². The molecule has 1 fully saturated rings. The summed E-state index contributed by atoms with van der Waals surface area (Å²) < 4.78 is 0. The van der Waals surface area contributed by atoms with Gasteiger partial charge in [0.1, 0.15) is 0 Å². The number of nitrogens with zero attached hydrogens (tertiary/aromatic N) is 1. The van der Waals surface area contributed by atoms with Crippen LogP contribution in [0.2, 0.25) is 0 Å². The first-order valence-electron chi connectivity index (χ1n) is 10.1. The van der Waals surface area contributed by atoms with E-state index in [4.69, 9.17) is 5.73 Å². The zero-order valence-electron chi connectivity index (χ0n) is 16.5. The minimum Gasteiger partial charge on any atom is -0.366 e. The molecule has 0 aromatic heterocycles. The number of carbonyl (C=O) groups is 2. The van der Waals surface area contributed by atoms with Crippen molar-refractivity contribution in [2.75, 3.05) is 5.32 Å². The zero-order valence-corrected chi connectivity index (χ0v) is 16.5. The summed E-state index contributed by atoms with van der Waals surface area (Å²) in [4.78, 5) is 23.4. The molecule has 0 saturated heterocycles. The van der Waals surface area contributed by atoms with E-state index in [1.54, 1.807) is 0 Å². The van der Waals surface area contributed by atoms with Gasteiger partial charge in [0.05, 0.1) is 16.9 Å². The fourth-order valence-electron chi connectivity index (χ4n) is 4.20. The van der Waals surface area contributed by atoms with Gasteiger partial charge in [-0.2, -0.15) is 5.32 Å². The molecule has 6 nitrogen and oxygen atoms in total. The Morgan fingerprint density at radius 2 is 1.93 bits per heavy atom. The van der Waals surface area contributed by atoms with Crippen molar-refractivity contribution in [3.63, 3.8) is 0 Å². The van der Waals surface area contributed by atoms with E-state index < -0.39 is 11.9 Å². The van der Waals surface area contributed by atoms with Gasteiger partial charge in [-0.1, -0.05) is 13.8 Å². The van der Waals surface area contributed by atoms with Crippen molar-refractivity contribution in [2.24, 2.45) is 11.7 Å². The average molecular weight is 372 g/mol. The molecule has 1 aromatic carbocycles. The molecular formula is C21H31N4O2. The summed E-state index contributed by atoms with van der Waals surface area (Å²) in [6.45, 7) is 6.81. The number of amides is 3. The molecule has 1 atom stereocenters. The molecule has 1 heterocycles. The van der Waals surface area contributed by atoms with Crippen molar-refractivity contribution in [3.8, 4) is 0 Å². The minimum atomic E-state index is -0.528. The molecule has 0 spiro atoms. The quantitative estimate of drug-likeness (QED) is 0.675. The first kappa shape index (κ1) is 19.7. The highest BCUT2D eigenvalue weighted by atomic mass is 16.2. The van der Waals surface area contributed by atoms with Crippen LogP contribution in [0.3, 0.4) is 0 Å². The SMILES string of the molecule is CC(C)CCC(C)NC1CCC(c2cc3c(c(C(N)=O)c2)NC(=O)[N]3)CC1. The maximum Gasteiger partial charge on any atom is 0.346 e. The lowest BCUT2D eigenvalue weighted by Gasteiger charge is -2.32. The first-order valence-corrected chi connectivity index (χ1v) is 10.1. The molecule has 0 bridgehead atoms. The molecule has 27 heavy (non-hydrogen) atoms. The maximum atomic E-state index is 11.8. The van der Waals surface area contributed by atoms with Gasteiger partial charge in [-0.15, -0.1) is 0 Å². The molecule has 3 rings (SSSR count). The van der Waals surface area contributed by atoms with Crippen molar-refractivity contribution in [3.05, 3.63) is 23.3 Å². The Morgan fingerprint density at radius 1 is 1.22 bits per heavy atom. The Labute approximate surface area is 161 Å². The largest absolute Gasteiger partial charge is 0.366 e. The molecule has 1 aromatic rings. The standard InChI is InChI=1S/C21H31N4O2/c1-12(2)4-5-13(3)23-16-8-6-14(7-9-16)15-10-17(20(22)26)19-18(11-15)24-21(27)25-19/h10-14,16,23H,4-9H2,1-3H3,(H2,22,26)(H,25,27). The normalized spacial score (nSPS) is 22.9. The van der Waals surface area contributed by atoms with E-state index in [1.807, 2.05) is 12.1 Å². The molecule has 147 valence electrons. The summed E-state index contributed by atoms with van der Waals surface area (Å²) in [7, 11) is 0. The Bertz CT molecular complexity index is 708. The number of urea groups is 1. The fourth-order valence-corrected chi connectivity index (χ4v) is 4.20. The molecule has 1 unspecified atom stereocenters. The summed E-state index contributed by atoms with van der Waals surface area (Å²) in [5.41, 5.74) is 7.93. The molecule has 3 amide bonds. The number of hydrogen-bond donors (Lipinski definition) is 3. The highest BCUT2D eigenvalue weighted by Gasteiger charge is 2.29. The lowest BCUT2D eigenvalue weighted by atomic mass is 9.80. The minimum absolute atomic E-state index is 0.361. The number of hydrogen-bond acceptors (Lipinski definition) is 3. The average Bonchev–Trinajstić information content (AvgIpc) is 2.99. The third-order valence-corrected chi connectivity index (χ3v) is 5.76. The van der Waals surface area contributed by atoms with Gasteiger partial charge in [0.15, 0.2) is 0 Å². The summed E-state index contributed by atoms with van der Waals surface area (Å²) in [5.74, 6) is 0.596. The van der Waals surface area contributed by atoms with Gasteiger partial charge in [0.2, 0.25) is 0 Å². The van der Waals surface area contributed by atoms with Gasteiger partial charge in [-0.25, -0.2) is 4.79 Å². The van der Waals surface area contributed by atoms with Crippen LogP contribution in [-0.4, -0.2) is 24.0 Å². The van der Waals surface area contributed by atoms with Crippen molar-refractivity contribution in [1.29, 1.82) is 0 Å². The van der Waals surface area contributed by atoms with Crippen molar-refractivity contribution < 1.29 is 9.59 Å². The highest BCUT2D eigenvalue weighted by Crippen LogP contribution is 2.39. The Balaban J connectivity index is 1.61. The third kappa shape index (κ3) is 4.80. The van der Waals surface area contributed by atoms with E-state index >= 15 is 0 Å². The van der Waals surface area contributed by atoms with E-state index in [-0.39, 0.29) is 0 Å². The fraction of sp³-hybridized carbons (Fsp3) is 0.619. The van der Waals surface area contributed by atoms with Gasteiger partial charge in [0, 0.05) is 12.1 Å². The third-order valence-electron chi connectivity index (χ3n) is 5.76. The predicted octanol–water partition coefficient (Wildman–Crippen LogP) is 4.01. The van der Waals surface area contributed by atoms with Gasteiger partial charge >= 0.3 is 6.03 Å². The topological polar surface area (TPSA) is 98.3 Å². The Kier molecular flexibility index (Phi) is 6.05. The maximum absolute atomic E-state index is 11.8. The number of benzene rings is 1. The van der Waals surface area contributed by atoms with E-state index in [0.29, 0.717) is 34.9 Å². The van der Waals surface area contributed by atoms with Crippen molar-refractivity contribution in [1.82, 2.24) is 10.6 Å². The van der Waals surface area contributed by atoms with Crippen LogP contribution in [0, 0.1) is 5.92 Å². The molecule has 1 aliphatic carbocycles. The summed E-state index contributed by atoms with van der Waals surface area (Å²) >= 11 is 0. The van der Waals surface area contributed by atoms with Crippen molar-refractivity contribution in [2.45, 2.75) is 77.3 Å². The van der Waals surface area contributed by atoms with Gasteiger partial charge in [0.25, 0.3) is 5.91 Å². The van der Waals surface area contributed by atoms with Gasteiger partial charge < -0.3 is 16.4 Å². The molecule has 1 saturated carbocycles. The number of fused-ring (bicyclic) bond motifs is 1. The summed E-state index contributed by atoms with van der Waals surface area (Å²) in [5, 5.41) is 10.4.